The number of alkyl halides is 3. The number of carbonyl (C=O) groups excluding carboxylic acids is 1. The summed E-state index contributed by atoms with van der Waals surface area (Å²) in [6.45, 7) is 6.91. The first kappa shape index (κ1) is 22.6. The van der Waals surface area contributed by atoms with E-state index in [-0.39, 0.29) is 11.7 Å². The molecular weight excluding hydrogens is 443 g/mol. The number of hydrogen-bond acceptors (Lipinski definition) is 4. The molecule has 0 aliphatic carbocycles. The predicted octanol–water partition coefficient (Wildman–Crippen LogP) is 5.24. The maximum absolute atomic E-state index is 13.1. The maximum Gasteiger partial charge on any atom is 0.573 e. The third-order valence-corrected chi connectivity index (χ3v) is 6.79. The molecule has 0 radical (unpaired) electrons. The van der Waals surface area contributed by atoms with Gasteiger partial charge in [0.05, 0.1) is 6.54 Å². The lowest BCUT2D eigenvalue weighted by Gasteiger charge is -2.31. The molecule has 1 saturated heterocycles. The summed E-state index contributed by atoms with van der Waals surface area (Å²) < 4.78 is 41.1. The molecule has 3 heterocycles. The molecule has 34 heavy (non-hydrogen) atoms. The van der Waals surface area contributed by atoms with E-state index in [9.17, 15) is 18.0 Å². The molecule has 5 nitrogen and oxygen atoms in total. The van der Waals surface area contributed by atoms with Crippen molar-refractivity contribution in [2.75, 3.05) is 31.1 Å². The molecule has 2 aromatic carbocycles. The quantitative estimate of drug-likeness (QED) is 0.611. The molecule has 1 fully saturated rings. The Labute approximate surface area is 197 Å². The number of rotatable bonds is 4. The molecule has 5 rings (SSSR count). The lowest BCUT2D eigenvalue weighted by molar-refractivity contribution is -0.274. The van der Waals surface area contributed by atoms with E-state index in [0.717, 1.165) is 67.0 Å². The van der Waals surface area contributed by atoms with E-state index in [2.05, 4.69) is 32.7 Å². The molecule has 1 amide bonds. The zero-order chi connectivity index (χ0) is 23.9. The third-order valence-electron chi connectivity index (χ3n) is 6.79. The number of halogens is 3. The molecule has 0 spiro atoms. The zero-order valence-corrected chi connectivity index (χ0v) is 19.2. The van der Waals surface area contributed by atoms with Gasteiger partial charge in [0.1, 0.15) is 5.75 Å². The Morgan fingerprint density at radius 1 is 0.971 bits per heavy atom. The Balaban J connectivity index is 1.31. The van der Waals surface area contributed by atoms with E-state index in [1.54, 1.807) is 17.0 Å². The molecular formula is C26H28F3N3O2. The SMILES string of the molecule is Cc1cc(N2CCCN3CCCC=C3C2)cc2c1C(=O)N(Cc1ccc(OC(F)(F)F)cc1)C2. The van der Waals surface area contributed by atoms with Crippen LogP contribution in [0.4, 0.5) is 18.9 Å². The lowest BCUT2D eigenvalue weighted by atomic mass is 10.0. The van der Waals surface area contributed by atoms with Crippen LogP contribution in [0.2, 0.25) is 0 Å². The molecule has 0 atom stereocenters. The second-order valence-electron chi connectivity index (χ2n) is 9.25. The molecule has 0 bridgehead atoms. The van der Waals surface area contributed by atoms with Crippen molar-refractivity contribution in [2.24, 2.45) is 0 Å². The van der Waals surface area contributed by atoms with Gasteiger partial charge in [0, 0.05) is 49.7 Å². The predicted molar refractivity (Wildman–Crippen MR) is 124 cm³/mol. The number of benzene rings is 2. The smallest absolute Gasteiger partial charge is 0.406 e. The van der Waals surface area contributed by atoms with E-state index in [1.807, 2.05) is 6.92 Å². The molecule has 3 aliphatic heterocycles. The van der Waals surface area contributed by atoms with Crippen LogP contribution in [-0.4, -0.2) is 48.2 Å². The second-order valence-corrected chi connectivity index (χ2v) is 9.25. The first-order valence-electron chi connectivity index (χ1n) is 11.7. The van der Waals surface area contributed by atoms with Crippen molar-refractivity contribution >= 4 is 11.6 Å². The molecule has 180 valence electrons. The van der Waals surface area contributed by atoms with Crippen LogP contribution < -0.4 is 9.64 Å². The van der Waals surface area contributed by atoms with Crippen molar-refractivity contribution in [2.45, 2.75) is 45.6 Å². The van der Waals surface area contributed by atoms with E-state index >= 15 is 0 Å². The van der Waals surface area contributed by atoms with Crippen molar-refractivity contribution in [1.82, 2.24) is 9.80 Å². The van der Waals surface area contributed by atoms with E-state index in [4.69, 9.17) is 0 Å². The van der Waals surface area contributed by atoms with Gasteiger partial charge in [0.25, 0.3) is 5.91 Å². The summed E-state index contributed by atoms with van der Waals surface area (Å²) in [6.07, 6.45) is 1.10. The van der Waals surface area contributed by atoms with Crippen LogP contribution >= 0.6 is 0 Å². The summed E-state index contributed by atoms with van der Waals surface area (Å²) in [4.78, 5) is 19.8. The average molecular weight is 472 g/mol. The Hall–Kier alpha value is -3.16. The van der Waals surface area contributed by atoms with Crippen molar-refractivity contribution in [3.8, 4) is 5.75 Å². The van der Waals surface area contributed by atoms with Gasteiger partial charge in [-0.25, -0.2) is 0 Å². The minimum atomic E-state index is -4.72. The summed E-state index contributed by atoms with van der Waals surface area (Å²) in [5.41, 5.74) is 6.02. The van der Waals surface area contributed by atoms with Gasteiger partial charge in [-0.1, -0.05) is 18.2 Å². The fraction of sp³-hybridized carbons (Fsp3) is 0.423. The first-order chi connectivity index (χ1) is 16.3. The number of fused-ring (bicyclic) bond motifs is 2. The van der Waals surface area contributed by atoms with Gasteiger partial charge in [0.2, 0.25) is 0 Å². The molecule has 0 aromatic heterocycles. The van der Waals surface area contributed by atoms with Gasteiger partial charge in [0.15, 0.2) is 0 Å². The minimum Gasteiger partial charge on any atom is -0.406 e. The molecule has 0 unspecified atom stereocenters. The van der Waals surface area contributed by atoms with Crippen molar-refractivity contribution < 1.29 is 22.7 Å². The normalized spacial score (nSPS) is 18.4. The molecule has 0 saturated carbocycles. The van der Waals surface area contributed by atoms with E-state index < -0.39 is 6.36 Å². The van der Waals surface area contributed by atoms with E-state index in [1.165, 1.54) is 24.3 Å². The largest absolute Gasteiger partial charge is 0.573 e. The number of anilines is 1. The van der Waals surface area contributed by atoms with Crippen LogP contribution in [0.5, 0.6) is 5.75 Å². The van der Waals surface area contributed by atoms with Crippen LogP contribution in [0.3, 0.4) is 0 Å². The number of ether oxygens (including phenoxy) is 1. The van der Waals surface area contributed by atoms with Crippen LogP contribution in [0.1, 0.15) is 46.3 Å². The summed E-state index contributed by atoms with van der Waals surface area (Å²) in [5.74, 6) is -0.302. The number of allylic oxidation sites excluding steroid dienone is 1. The monoisotopic (exact) mass is 471 g/mol. The average Bonchev–Trinajstić information content (AvgIpc) is 2.96. The summed E-state index contributed by atoms with van der Waals surface area (Å²) in [6, 6.07) is 9.94. The fourth-order valence-corrected chi connectivity index (χ4v) is 5.22. The number of aryl methyl sites for hydroxylation is 1. The fourth-order valence-electron chi connectivity index (χ4n) is 5.22. The summed E-state index contributed by atoms with van der Waals surface area (Å²) in [5, 5.41) is 0. The van der Waals surface area contributed by atoms with Gasteiger partial charge in [-0.3, -0.25) is 4.79 Å². The topological polar surface area (TPSA) is 36.0 Å². The molecule has 3 aliphatic rings. The van der Waals surface area contributed by atoms with Gasteiger partial charge < -0.3 is 19.4 Å². The molecule has 0 N–H and O–H groups in total. The summed E-state index contributed by atoms with van der Waals surface area (Å²) >= 11 is 0. The minimum absolute atomic E-state index is 0.0355. The van der Waals surface area contributed by atoms with E-state index in [0.29, 0.717) is 13.1 Å². The number of nitrogens with zero attached hydrogens (tertiary/aromatic N) is 3. The highest BCUT2D eigenvalue weighted by molar-refractivity contribution is 6.00. The highest BCUT2D eigenvalue weighted by Crippen LogP contribution is 2.33. The first-order valence-corrected chi connectivity index (χ1v) is 11.7. The highest BCUT2D eigenvalue weighted by atomic mass is 19.4. The molecule has 8 heteroatoms. The van der Waals surface area contributed by atoms with Gasteiger partial charge in [-0.2, -0.15) is 0 Å². The number of hydrogen-bond donors (Lipinski definition) is 0. The van der Waals surface area contributed by atoms with Crippen molar-refractivity contribution in [3.05, 3.63) is 70.4 Å². The Morgan fingerprint density at radius 2 is 1.71 bits per heavy atom. The van der Waals surface area contributed by atoms with Gasteiger partial charge in [-0.15, -0.1) is 13.2 Å². The highest BCUT2D eigenvalue weighted by Gasteiger charge is 2.32. The third kappa shape index (κ3) is 4.72. The van der Waals surface area contributed by atoms with Crippen LogP contribution in [-0.2, 0) is 13.1 Å². The lowest BCUT2D eigenvalue weighted by Crippen LogP contribution is -2.31. The van der Waals surface area contributed by atoms with Crippen LogP contribution in [0.15, 0.2) is 48.2 Å². The van der Waals surface area contributed by atoms with Crippen molar-refractivity contribution in [3.63, 3.8) is 0 Å². The van der Waals surface area contributed by atoms with Crippen LogP contribution in [0, 0.1) is 6.92 Å². The molecule has 2 aromatic rings. The number of carbonyl (C=O) groups is 1. The Kier molecular flexibility index (Phi) is 5.91. The Morgan fingerprint density at radius 3 is 2.47 bits per heavy atom. The second kappa shape index (κ2) is 8.89. The van der Waals surface area contributed by atoms with Crippen LogP contribution in [0.25, 0.3) is 0 Å². The van der Waals surface area contributed by atoms with Gasteiger partial charge in [-0.05, 0) is 67.1 Å². The summed E-state index contributed by atoms with van der Waals surface area (Å²) in [7, 11) is 0. The maximum atomic E-state index is 13.1. The van der Waals surface area contributed by atoms with Gasteiger partial charge >= 0.3 is 6.36 Å². The zero-order valence-electron chi connectivity index (χ0n) is 19.2. The number of amides is 1. The van der Waals surface area contributed by atoms with Crippen molar-refractivity contribution in [1.29, 1.82) is 0 Å². The Bertz CT molecular complexity index is 1110. The standard InChI is InChI=1S/C26H28F3N3O2/c1-18-13-22(31-12-4-11-30-10-3-2-5-21(30)17-31)14-20-16-32(25(33)24(18)20)15-19-6-8-23(9-7-19)34-26(27,28)29/h5-9,13-14H,2-4,10-12,15-17H2,1H3.